The average Bonchev–Trinajstić information content (AvgIpc) is 2.55. The molecule has 0 aliphatic heterocycles. The number of amides is 1. The number of nitrogens with one attached hydrogen (secondary N) is 1. The van der Waals surface area contributed by atoms with Gasteiger partial charge in [-0.3, -0.25) is 4.79 Å². The van der Waals surface area contributed by atoms with Gasteiger partial charge < -0.3 is 10.1 Å². The number of hydrogen-bond donors (Lipinski definition) is 1. The molecule has 0 aliphatic rings. The average molecular weight is 325 g/mol. The molecule has 3 heteroatoms. The van der Waals surface area contributed by atoms with Crippen LogP contribution in [0.3, 0.4) is 0 Å². The van der Waals surface area contributed by atoms with Gasteiger partial charge in [0.15, 0.2) is 0 Å². The highest BCUT2D eigenvalue weighted by Crippen LogP contribution is 2.25. The van der Waals surface area contributed by atoms with Crippen LogP contribution < -0.4 is 10.1 Å². The molecule has 0 unspecified atom stereocenters. The number of hydrogen-bond acceptors (Lipinski definition) is 2. The highest BCUT2D eigenvalue weighted by molar-refractivity contribution is 5.96. The van der Waals surface area contributed by atoms with E-state index in [1.807, 2.05) is 39.0 Å². The van der Waals surface area contributed by atoms with Crippen LogP contribution in [0.15, 0.2) is 30.3 Å². The smallest absolute Gasteiger partial charge is 0.252 e. The Bertz CT molecular complexity index is 750. The summed E-state index contributed by atoms with van der Waals surface area (Å²) < 4.78 is 5.32. The van der Waals surface area contributed by atoms with Crippen LogP contribution in [0.2, 0.25) is 0 Å². The van der Waals surface area contributed by atoms with Gasteiger partial charge in [-0.05, 0) is 74.1 Å². The normalized spacial score (nSPS) is 11.9. The molecule has 0 aromatic heterocycles. The molecule has 0 saturated heterocycles. The zero-order chi connectivity index (χ0) is 17.9. The molecule has 0 saturated carbocycles. The largest absolute Gasteiger partial charge is 0.496 e. The fraction of sp³-hybridized carbons (Fsp3) is 0.381. The quantitative estimate of drug-likeness (QED) is 0.856. The Labute approximate surface area is 145 Å². The standard InChI is InChI=1S/C21H27NO2/c1-7-19(17-8-9-20(24-6)16(5)11-17)22-21(23)18-12-14(3)13(2)10-15(18)4/h8-12,19H,7H2,1-6H3,(H,22,23)/t19-/m0/s1. The Balaban J connectivity index is 2.25. The molecule has 2 aromatic carbocycles. The summed E-state index contributed by atoms with van der Waals surface area (Å²) in [5, 5.41) is 3.17. The van der Waals surface area contributed by atoms with Gasteiger partial charge >= 0.3 is 0 Å². The van der Waals surface area contributed by atoms with Crippen molar-refractivity contribution >= 4 is 5.91 Å². The van der Waals surface area contributed by atoms with Crippen LogP contribution >= 0.6 is 0 Å². The van der Waals surface area contributed by atoms with E-state index in [0.29, 0.717) is 0 Å². The molecule has 2 aromatic rings. The maximum Gasteiger partial charge on any atom is 0.252 e. The van der Waals surface area contributed by atoms with Gasteiger partial charge in [-0.1, -0.05) is 25.1 Å². The lowest BCUT2D eigenvalue weighted by atomic mass is 9.98. The predicted octanol–water partition coefficient (Wildman–Crippen LogP) is 4.81. The van der Waals surface area contributed by atoms with Crippen LogP contribution in [0.5, 0.6) is 5.75 Å². The third-order valence-electron chi connectivity index (χ3n) is 4.62. The van der Waals surface area contributed by atoms with Crippen molar-refractivity contribution in [3.05, 3.63) is 63.7 Å². The zero-order valence-electron chi connectivity index (χ0n) is 15.5. The first-order valence-electron chi connectivity index (χ1n) is 8.40. The van der Waals surface area contributed by atoms with Gasteiger partial charge in [-0.2, -0.15) is 0 Å². The second kappa shape index (κ2) is 7.52. The van der Waals surface area contributed by atoms with Gasteiger partial charge in [0.25, 0.3) is 5.91 Å². The van der Waals surface area contributed by atoms with Crippen molar-refractivity contribution in [2.75, 3.05) is 7.11 Å². The summed E-state index contributed by atoms with van der Waals surface area (Å²) in [5.41, 5.74) is 6.29. The molecular weight excluding hydrogens is 298 g/mol. The van der Waals surface area contributed by atoms with Crippen LogP contribution in [0.4, 0.5) is 0 Å². The lowest BCUT2D eigenvalue weighted by molar-refractivity contribution is 0.0935. The van der Waals surface area contributed by atoms with Crippen LogP contribution in [-0.2, 0) is 0 Å². The van der Waals surface area contributed by atoms with Crippen molar-refractivity contribution in [2.45, 2.75) is 47.1 Å². The molecule has 1 N–H and O–H groups in total. The summed E-state index contributed by atoms with van der Waals surface area (Å²) in [6, 6.07) is 10.1. The van der Waals surface area contributed by atoms with Gasteiger partial charge in [0, 0.05) is 5.56 Å². The van der Waals surface area contributed by atoms with Crippen molar-refractivity contribution in [3.8, 4) is 5.75 Å². The summed E-state index contributed by atoms with van der Waals surface area (Å²) in [6.07, 6.45) is 0.835. The molecule has 0 aliphatic carbocycles. The molecule has 24 heavy (non-hydrogen) atoms. The van der Waals surface area contributed by atoms with Gasteiger partial charge in [0.1, 0.15) is 5.75 Å². The number of aryl methyl sites for hydroxylation is 4. The van der Waals surface area contributed by atoms with Gasteiger partial charge in [0.05, 0.1) is 13.2 Å². The van der Waals surface area contributed by atoms with Crippen LogP contribution in [0.25, 0.3) is 0 Å². The molecule has 3 nitrogen and oxygen atoms in total. The second-order valence-electron chi connectivity index (χ2n) is 6.41. The summed E-state index contributed by atoms with van der Waals surface area (Å²) in [5.74, 6) is 0.848. The SMILES string of the molecule is CC[C@H](NC(=O)c1cc(C)c(C)cc1C)c1ccc(OC)c(C)c1. The Morgan fingerprint density at radius 2 is 1.67 bits per heavy atom. The van der Waals surface area contributed by atoms with Crippen LogP contribution in [0, 0.1) is 27.7 Å². The molecule has 0 heterocycles. The van der Waals surface area contributed by atoms with E-state index < -0.39 is 0 Å². The number of rotatable bonds is 5. The summed E-state index contributed by atoms with van der Waals surface area (Å²) in [4.78, 5) is 12.7. The van der Waals surface area contributed by atoms with Crippen molar-refractivity contribution < 1.29 is 9.53 Å². The van der Waals surface area contributed by atoms with Gasteiger partial charge in [0.2, 0.25) is 0 Å². The Morgan fingerprint density at radius 3 is 2.25 bits per heavy atom. The minimum atomic E-state index is -0.0177. The Hall–Kier alpha value is -2.29. The van der Waals surface area contributed by atoms with E-state index in [-0.39, 0.29) is 11.9 Å². The minimum Gasteiger partial charge on any atom is -0.496 e. The maximum atomic E-state index is 12.7. The summed E-state index contributed by atoms with van der Waals surface area (Å²) in [6.45, 7) is 10.2. The number of ether oxygens (including phenoxy) is 1. The highest BCUT2D eigenvalue weighted by atomic mass is 16.5. The van der Waals surface area contributed by atoms with E-state index in [0.717, 1.165) is 40.0 Å². The van der Waals surface area contributed by atoms with Crippen molar-refractivity contribution in [2.24, 2.45) is 0 Å². The van der Waals surface area contributed by atoms with E-state index in [2.05, 4.69) is 31.3 Å². The Morgan fingerprint density at radius 1 is 1.00 bits per heavy atom. The number of carbonyl (C=O) groups is 1. The van der Waals surface area contributed by atoms with Crippen molar-refractivity contribution in [1.29, 1.82) is 0 Å². The lowest BCUT2D eigenvalue weighted by Crippen LogP contribution is -2.29. The third kappa shape index (κ3) is 3.78. The molecule has 0 radical (unpaired) electrons. The molecule has 1 atom stereocenters. The lowest BCUT2D eigenvalue weighted by Gasteiger charge is -2.20. The minimum absolute atomic E-state index is 0.0110. The van der Waals surface area contributed by atoms with Crippen LogP contribution in [-0.4, -0.2) is 13.0 Å². The molecular formula is C21H27NO2. The topological polar surface area (TPSA) is 38.3 Å². The van der Waals surface area contributed by atoms with Crippen LogP contribution in [0.1, 0.15) is 57.6 Å². The monoisotopic (exact) mass is 325 g/mol. The van der Waals surface area contributed by atoms with Crippen molar-refractivity contribution in [3.63, 3.8) is 0 Å². The summed E-state index contributed by atoms with van der Waals surface area (Å²) in [7, 11) is 1.67. The van der Waals surface area contributed by atoms with Gasteiger partial charge in [-0.15, -0.1) is 0 Å². The fourth-order valence-electron chi connectivity index (χ4n) is 2.98. The first-order chi connectivity index (χ1) is 11.4. The van der Waals surface area contributed by atoms with E-state index in [1.165, 1.54) is 5.56 Å². The Kier molecular flexibility index (Phi) is 5.66. The number of benzene rings is 2. The maximum absolute atomic E-state index is 12.7. The van der Waals surface area contributed by atoms with Gasteiger partial charge in [-0.25, -0.2) is 0 Å². The number of carbonyl (C=O) groups excluding carboxylic acids is 1. The molecule has 0 bridgehead atoms. The molecule has 128 valence electrons. The first-order valence-corrected chi connectivity index (χ1v) is 8.40. The van der Waals surface area contributed by atoms with E-state index >= 15 is 0 Å². The second-order valence-corrected chi connectivity index (χ2v) is 6.41. The highest BCUT2D eigenvalue weighted by Gasteiger charge is 2.17. The fourth-order valence-corrected chi connectivity index (χ4v) is 2.98. The van der Waals surface area contributed by atoms with E-state index in [4.69, 9.17) is 4.74 Å². The number of methoxy groups -OCH3 is 1. The summed E-state index contributed by atoms with van der Waals surface area (Å²) >= 11 is 0. The predicted molar refractivity (Wildman–Crippen MR) is 98.9 cm³/mol. The molecule has 2 rings (SSSR count). The molecule has 0 spiro atoms. The van der Waals surface area contributed by atoms with Crippen molar-refractivity contribution in [1.82, 2.24) is 5.32 Å². The first kappa shape index (κ1) is 18.1. The van der Waals surface area contributed by atoms with E-state index in [1.54, 1.807) is 7.11 Å². The zero-order valence-corrected chi connectivity index (χ0v) is 15.5. The van der Waals surface area contributed by atoms with E-state index in [9.17, 15) is 4.79 Å². The molecule has 0 fully saturated rings. The molecule has 1 amide bonds. The third-order valence-corrected chi connectivity index (χ3v) is 4.62.